The molecule has 1 saturated heterocycles. The van der Waals surface area contributed by atoms with Gasteiger partial charge >= 0.3 is 0 Å². The van der Waals surface area contributed by atoms with Crippen LogP contribution in [0.5, 0.6) is 11.5 Å². The molecule has 2 aromatic rings. The van der Waals surface area contributed by atoms with Crippen LogP contribution in [0.15, 0.2) is 42.6 Å². The number of nitrogens with one attached hydrogen (secondary N) is 1. The Morgan fingerprint density at radius 3 is 2.74 bits per heavy atom. The Labute approximate surface area is 190 Å². The Hall–Kier alpha value is -2.38. The average Bonchev–Trinajstić information content (AvgIpc) is 3.29. The minimum atomic E-state index is 0.225. The monoisotopic (exact) mass is 443 g/mol. The molecule has 0 aliphatic carbocycles. The van der Waals surface area contributed by atoms with E-state index in [1.807, 2.05) is 44.3 Å². The molecular formula is C24H33N3O3S. The van der Waals surface area contributed by atoms with Crippen LogP contribution in [0, 0.1) is 0 Å². The third-order valence-electron chi connectivity index (χ3n) is 5.11. The standard InChI is InChI=1S/C24H33N3O3S/c1-3-28-22-11-10-19(16-23(22)29-4-2)12-14-26-24(31)27(18-21-9-7-15-30-21)17-20-8-5-6-13-25-20/h5-6,8,10-11,13,16,21H,3-4,7,9,12,14-15,17-18H2,1-2H3,(H,26,31)/t21-/m0/s1. The van der Waals surface area contributed by atoms with E-state index in [9.17, 15) is 0 Å². The average molecular weight is 444 g/mol. The van der Waals surface area contributed by atoms with E-state index >= 15 is 0 Å². The Bertz CT molecular complexity index is 813. The first kappa shape index (κ1) is 23.3. The zero-order valence-electron chi connectivity index (χ0n) is 18.5. The minimum Gasteiger partial charge on any atom is -0.490 e. The molecule has 1 aliphatic heterocycles. The van der Waals surface area contributed by atoms with Gasteiger partial charge < -0.3 is 24.4 Å². The highest BCUT2D eigenvalue weighted by Crippen LogP contribution is 2.28. The molecule has 0 unspecified atom stereocenters. The first-order valence-electron chi connectivity index (χ1n) is 11.1. The Balaban J connectivity index is 1.57. The van der Waals surface area contributed by atoms with Crippen LogP contribution in [0.4, 0.5) is 0 Å². The zero-order chi connectivity index (χ0) is 21.9. The van der Waals surface area contributed by atoms with Gasteiger partial charge in [-0.1, -0.05) is 12.1 Å². The van der Waals surface area contributed by atoms with Gasteiger partial charge in [-0.3, -0.25) is 4.98 Å². The minimum absolute atomic E-state index is 0.225. The first-order chi connectivity index (χ1) is 15.2. The highest BCUT2D eigenvalue weighted by atomic mass is 32.1. The summed E-state index contributed by atoms with van der Waals surface area (Å²) in [5, 5.41) is 4.15. The lowest BCUT2D eigenvalue weighted by molar-refractivity contribution is 0.0895. The molecule has 0 amide bonds. The van der Waals surface area contributed by atoms with Gasteiger partial charge in [-0.15, -0.1) is 0 Å². The molecule has 0 spiro atoms. The molecule has 168 valence electrons. The van der Waals surface area contributed by atoms with Crippen molar-refractivity contribution in [2.75, 3.05) is 32.9 Å². The molecule has 0 radical (unpaired) electrons. The number of hydrogen-bond donors (Lipinski definition) is 1. The maximum Gasteiger partial charge on any atom is 0.169 e. The van der Waals surface area contributed by atoms with Crippen molar-refractivity contribution in [2.45, 2.75) is 45.8 Å². The molecule has 0 saturated carbocycles. The highest BCUT2D eigenvalue weighted by molar-refractivity contribution is 7.80. The van der Waals surface area contributed by atoms with Crippen LogP contribution in [0.1, 0.15) is 37.9 Å². The molecule has 31 heavy (non-hydrogen) atoms. The number of aromatic nitrogens is 1. The molecule has 1 aliphatic rings. The number of rotatable bonds is 11. The quantitative estimate of drug-likeness (QED) is 0.527. The van der Waals surface area contributed by atoms with Crippen LogP contribution >= 0.6 is 12.2 Å². The molecule has 1 aromatic carbocycles. The van der Waals surface area contributed by atoms with E-state index in [0.717, 1.165) is 61.3 Å². The van der Waals surface area contributed by atoms with Gasteiger partial charge in [-0.25, -0.2) is 0 Å². The molecule has 2 heterocycles. The fourth-order valence-electron chi connectivity index (χ4n) is 3.62. The van der Waals surface area contributed by atoms with Crippen LogP contribution in [-0.4, -0.2) is 54.0 Å². The fraction of sp³-hybridized carbons (Fsp3) is 0.500. The van der Waals surface area contributed by atoms with E-state index in [-0.39, 0.29) is 6.10 Å². The van der Waals surface area contributed by atoms with Crippen molar-refractivity contribution in [2.24, 2.45) is 0 Å². The van der Waals surface area contributed by atoms with Gasteiger partial charge in [0, 0.05) is 25.9 Å². The van der Waals surface area contributed by atoms with E-state index in [1.54, 1.807) is 0 Å². The normalized spacial score (nSPS) is 15.5. The van der Waals surface area contributed by atoms with E-state index in [2.05, 4.69) is 27.3 Å². The maximum absolute atomic E-state index is 5.84. The molecule has 1 aromatic heterocycles. The lowest BCUT2D eigenvalue weighted by Crippen LogP contribution is -2.43. The first-order valence-corrected chi connectivity index (χ1v) is 11.5. The molecule has 7 heteroatoms. The van der Waals surface area contributed by atoms with Crippen LogP contribution in [-0.2, 0) is 17.7 Å². The summed E-state index contributed by atoms with van der Waals surface area (Å²) in [4.78, 5) is 6.62. The van der Waals surface area contributed by atoms with Crippen molar-refractivity contribution in [1.29, 1.82) is 0 Å². The fourth-order valence-corrected chi connectivity index (χ4v) is 3.86. The van der Waals surface area contributed by atoms with Gasteiger partial charge in [0.1, 0.15) is 0 Å². The lowest BCUT2D eigenvalue weighted by Gasteiger charge is -2.28. The summed E-state index contributed by atoms with van der Waals surface area (Å²) in [5.41, 5.74) is 2.18. The number of pyridine rings is 1. The summed E-state index contributed by atoms with van der Waals surface area (Å²) < 4.78 is 17.2. The maximum atomic E-state index is 5.84. The van der Waals surface area contributed by atoms with Crippen LogP contribution in [0.25, 0.3) is 0 Å². The number of hydrogen-bond acceptors (Lipinski definition) is 5. The van der Waals surface area contributed by atoms with Gasteiger partial charge in [0.2, 0.25) is 0 Å². The molecule has 1 atom stereocenters. The molecular weight excluding hydrogens is 410 g/mol. The molecule has 6 nitrogen and oxygen atoms in total. The Kier molecular flexibility index (Phi) is 9.37. The van der Waals surface area contributed by atoms with Crippen LogP contribution < -0.4 is 14.8 Å². The predicted molar refractivity (Wildman–Crippen MR) is 127 cm³/mol. The number of thiocarbonyl (C=S) groups is 1. The van der Waals surface area contributed by atoms with Crippen molar-refractivity contribution >= 4 is 17.3 Å². The summed E-state index contributed by atoms with van der Waals surface area (Å²) in [7, 11) is 0. The van der Waals surface area contributed by atoms with E-state index in [4.69, 9.17) is 26.4 Å². The number of benzene rings is 1. The highest BCUT2D eigenvalue weighted by Gasteiger charge is 2.21. The summed E-state index contributed by atoms with van der Waals surface area (Å²) >= 11 is 5.73. The predicted octanol–water partition coefficient (Wildman–Crippen LogP) is 3.98. The second-order valence-corrected chi connectivity index (χ2v) is 7.85. The zero-order valence-corrected chi connectivity index (χ0v) is 19.3. The smallest absolute Gasteiger partial charge is 0.169 e. The molecule has 3 rings (SSSR count). The summed E-state index contributed by atoms with van der Waals surface area (Å²) in [5.74, 6) is 1.58. The topological polar surface area (TPSA) is 55.9 Å². The van der Waals surface area contributed by atoms with Gasteiger partial charge in [0.15, 0.2) is 16.6 Å². The third kappa shape index (κ3) is 7.36. The van der Waals surface area contributed by atoms with Gasteiger partial charge in [0.25, 0.3) is 0 Å². The second kappa shape index (κ2) is 12.5. The van der Waals surface area contributed by atoms with Crippen LogP contribution in [0.3, 0.4) is 0 Å². The third-order valence-corrected chi connectivity index (χ3v) is 5.51. The lowest BCUT2D eigenvalue weighted by atomic mass is 10.1. The van der Waals surface area contributed by atoms with Crippen molar-refractivity contribution in [3.8, 4) is 11.5 Å². The van der Waals surface area contributed by atoms with Crippen molar-refractivity contribution in [1.82, 2.24) is 15.2 Å². The van der Waals surface area contributed by atoms with Gasteiger partial charge in [-0.05, 0) is 75.2 Å². The number of ether oxygens (including phenoxy) is 3. The van der Waals surface area contributed by atoms with Crippen molar-refractivity contribution in [3.63, 3.8) is 0 Å². The van der Waals surface area contributed by atoms with Crippen molar-refractivity contribution in [3.05, 3.63) is 53.9 Å². The number of nitrogens with zero attached hydrogens (tertiary/aromatic N) is 2. The van der Waals surface area contributed by atoms with Gasteiger partial charge in [-0.2, -0.15) is 0 Å². The van der Waals surface area contributed by atoms with Crippen LogP contribution in [0.2, 0.25) is 0 Å². The largest absolute Gasteiger partial charge is 0.490 e. The van der Waals surface area contributed by atoms with Crippen molar-refractivity contribution < 1.29 is 14.2 Å². The Morgan fingerprint density at radius 1 is 1.19 bits per heavy atom. The molecule has 1 fully saturated rings. The SMILES string of the molecule is CCOc1ccc(CCNC(=S)N(Cc2ccccn2)C[C@@H]2CCCO2)cc1OCC. The van der Waals surface area contributed by atoms with Gasteiger partial charge in [0.05, 0.1) is 31.6 Å². The summed E-state index contributed by atoms with van der Waals surface area (Å²) in [6, 6.07) is 12.1. The van der Waals surface area contributed by atoms with E-state index in [1.165, 1.54) is 5.56 Å². The summed E-state index contributed by atoms with van der Waals surface area (Å²) in [6.07, 6.45) is 5.07. The Morgan fingerprint density at radius 2 is 2.03 bits per heavy atom. The van der Waals surface area contributed by atoms with E-state index in [0.29, 0.717) is 19.8 Å². The summed E-state index contributed by atoms with van der Waals surface area (Å²) in [6.45, 7) is 8.20. The van der Waals surface area contributed by atoms with E-state index < -0.39 is 0 Å². The molecule has 1 N–H and O–H groups in total. The molecule has 0 bridgehead atoms. The second-order valence-electron chi connectivity index (χ2n) is 7.47.